The molecule has 1 heterocycles. The van der Waals surface area contributed by atoms with E-state index in [0.717, 1.165) is 11.0 Å². The van der Waals surface area contributed by atoms with Gasteiger partial charge in [0.15, 0.2) is 0 Å². The third-order valence-electron chi connectivity index (χ3n) is 6.08. The van der Waals surface area contributed by atoms with Gasteiger partial charge in [0.05, 0.1) is 17.9 Å². The lowest BCUT2D eigenvalue weighted by Crippen LogP contribution is -2.42. The van der Waals surface area contributed by atoms with E-state index in [0.29, 0.717) is 44.6 Å². The molecule has 1 fully saturated rings. The minimum Gasteiger partial charge on any atom is -0.383 e. The number of ether oxygens (including phenoxy) is 1. The zero-order chi connectivity index (χ0) is 26.2. The number of rotatable bonds is 13. The van der Waals surface area contributed by atoms with Crippen molar-refractivity contribution in [1.82, 2.24) is 13.9 Å². The Morgan fingerprint density at radius 3 is 2.44 bits per heavy atom. The summed E-state index contributed by atoms with van der Waals surface area (Å²) in [5.41, 5.74) is 1.71. The normalized spacial score (nSPS) is 16.6. The van der Waals surface area contributed by atoms with Crippen molar-refractivity contribution < 1.29 is 26.4 Å². The molecule has 1 saturated heterocycles. The minimum atomic E-state index is -3.82. The van der Waals surface area contributed by atoms with Crippen LogP contribution in [-0.2, 0) is 42.5 Å². The molecule has 2 aromatic rings. The van der Waals surface area contributed by atoms with E-state index in [2.05, 4.69) is 11.3 Å². The van der Waals surface area contributed by atoms with E-state index in [1.54, 1.807) is 24.1 Å². The molecule has 0 aliphatic carbocycles. The fraction of sp³-hybridized carbons (Fsp3) is 0.400. The van der Waals surface area contributed by atoms with Crippen LogP contribution in [0.4, 0.5) is 0 Å². The maximum absolute atomic E-state index is 13.2. The van der Waals surface area contributed by atoms with Gasteiger partial charge in [0.2, 0.25) is 26.0 Å². The number of sulfonamides is 2. The Kier molecular flexibility index (Phi) is 9.80. The van der Waals surface area contributed by atoms with Gasteiger partial charge < -0.3 is 9.64 Å². The first kappa shape index (κ1) is 28.0. The van der Waals surface area contributed by atoms with E-state index < -0.39 is 26.1 Å². The highest BCUT2D eigenvalue weighted by Crippen LogP contribution is 2.26. The number of nitrogens with zero attached hydrogens (tertiary/aromatic N) is 2. The number of benzene rings is 2. The maximum Gasteiger partial charge on any atom is 0.243 e. The molecule has 11 heteroatoms. The maximum atomic E-state index is 13.2. The Bertz CT molecular complexity index is 1230. The average molecular weight is 536 g/mol. The SMILES string of the molecule is C=CS(=O)(=O)NC[C@@H]1CCCN1S(=O)(=O)c1ccc(CC(=O)N(CCOC)Cc2ccccc2)cc1. The van der Waals surface area contributed by atoms with Crippen molar-refractivity contribution in [2.45, 2.75) is 36.7 Å². The standard InChI is InChI=1S/C25H33N3O6S2/c1-3-35(30,31)26-19-23-10-7-15-28(23)36(32,33)24-13-11-21(12-14-24)18-25(29)27(16-17-34-2)20-22-8-5-4-6-9-22/h3-6,8-9,11-14,23,26H,1,7,10,15-20H2,2H3/t23-/m0/s1. The van der Waals surface area contributed by atoms with E-state index in [1.165, 1.54) is 16.4 Å². The summed E-state index contributed by atoms with van der Waals surface area (Å²) < 4.78 is 58.7. The summed E-state index contributed by atoms with van der Waals surface area (Å²) in [7, 11) is -5.87. The molecule has 36 heavy (non-hydrogen) atoms. The Labute approximate surface area is 213 Å². The summed E-state index contributed by atoms with van der Waals surface area (Å²) >= 11 is 0. The second-order valence-corrected chi connectivity index (χ2v) is 12.2. The molecule has 9 nitrogen and oxygen atoms in total. The summed E-state index contributed by atoms with van der Waals surface area (Å²) in [6.07, 6.45) is 1.34. The minimum absolute atomic E-state index is 0.0150. The molecule has 1 atom stereocenters. The van der Waals surface area contributed by atoms with Gasteiger partial charge in [-0.1, -0.05) is 49.0 Å². The predicted molar refractivity (Wildman–Crippen MR) is 138 cm³/mol. The highest BCUT2D eigenvalue weighted by atomic mass is 32.2. The average Bonchev–Trinajstić information content (AvgIpc) is 3.36. The van der Waals surface area contributed by atoms with Crippen LogP contribution in [0.1, 0.15) is 24.0 Å². The first-order valence-electron chi connectivity index (χ1n) is 11.7. The van der Waals surface area contributed by atoms with Gasteiger partial charge in [0.1, 0.15) is 0 Å². The Morgan fingerprint density at radius 2 is 1.81 bits per heavy atom. The van der Waals surface area contributed by atoms with Crippen LogP contribution in [-0.4, -0.2) is 71.3 Å². The zero-order valence-corrected chi connectivity index (χ0v) is 22.0. The van der Waals surface area contributed by atoms with Crippen LogP contribution in [0.5, 0.6) is 0 Å². The number of hydrogen-bond donors (Lipinski definition) is 1. The number of carbonyl (C=O) groups is 1. The summed E-state index contributed by atoms with van der Waals surface area (Å²) in [6.45, 7) is 4.87. The lowest BCUT2D eigenvalue weighted by molar-refractivity contribution is -0.131. The number of hydrogen-bond acceptors (Lipinski definition) is 6. The molecule has 0 aromatic heterocycles. The summed E-state index contributed by atoms with van der Waals surface area (Å²) in [4.78, 5) is 14.8. The number of carbonyl (C=O) groups excluding carboxylic acids is 1. The summed E-state index contributed by atoms with van der Waals surface area (Å²) in [6, 6.07) is 15.5. The predicted octanol–water partition coefficient (Wildman–Crippen LogP) is 2.12. The molecule has 3 rings (SSSR count). The lowest BCUT2D eigenvalue weighted by Gasteiger charge is -2.24. The van der Waals surface area contributed by atoms with E-state index in [4.69, 9.17) is 4.74 Å². The molecule has 2 aromatic carbocycles. The molecule has 196 valence electrons. The van der Waals surface area contributed by atoms with Gasteiger partial charge in [0.25, 0.3) is 0 Å². The molecule has 1 aliphatic rings. The molecule has 1 N–H and O–H groups in total. The van der Waals surface area contributed by atoms with Crippen LogP contribution in [0.15, 0.2) is 71.5 Å². The molecule has 0 unspecified atom stereocenters. The van der Waals surface area contributed by atoms with Crippen molar-refractivity contribution in [2.75, 3.05) is 33.4 Å². The fourth-order valence-corrected chi connectivity index (χ4v) is 6.33. The summed E-state index contributed by atoms with van der Waals surface area (Å²) in [5.74, 6) is -0.0828. The summed E-state index contributed by atoms with van der Waals surface area (Å²) in [5, 5.41) is 0.803. The topological polar surface area (TPSA) is 113 Å². The van der Waals surface area contributed by atoms with Gasteiger partial charge in [-0.05, 0) is 36.1 Å². The van der Waals surface area contributed by atoms with E-state index in [-0.39, 0.29) is 23.8 Å². The lowest BCUT2D eigenvalue weighted by atomic mass is 10.1. The van der Waals surface area contributed by atoms with Crippen molar-refractivity contribution in [2.24, 2.45) is 0 Å². The van der Waals surface area contributed by atoms with Gasteiger partial charge in [-0.25, -0.2) is 21.6 Å². The van der Waals surface area contributed by atoms with Gasteiger partial charge in [-0.15, -0.1) is 0 Å². The molecule has 1 aliphatic heterocycles. The van der Waals surface area contributed by atoms with Crippen molar-refractivity contribution >= 4 is 26.0 Å². The molecule has 1 amide bonds. The number of nitrogens with one attached hydrogen (secondary N) is 1. The quantitative estimate of drug-likeness (QED) is 0.420. The number of amides is 1. The second kappa shape index (κ2) is 12.6. The molecule has 0 spiro atoms. The van der Waals surface area contributed by atoms with Crippen LogP contribution < -0.4 is 4.72 Å². The first-order valence-corrected chi connectivity index (χ1v) is 14.7. The molecular weight excluding hydrogens is 502 g/mol. The highest BCUT2D eigenvalue weighted by Gasteiger charge is 2.35. The van der Waals surface area contributed by atoms with Crippen molar-refractivity contribution in [3.63, 3.8) is 0 Å². The van der Waals surface area contributed by atoms with Crippen molar-refractivity contribution in [3.8, 4) is 0 Å². The third kappa shape index (κ3) is 7.47. The Hall–Kier alpha value is -2.57. The molecule has 0 radical (unpaired) electrons. The number of methoxy groups -OCH3 is 1. The zero-order valence-electron chi connectivity index (χ0n) is 20.4. The van der Waals surface area contributed by atoms with E-state index in [1.807, 2.05) is 30.3 Å². The second-order valence-electron chi connectivity index (χ2n) is 8.59. The molecule has 0 saturated carbocycles. The van der Waals surface area contributed by atoms with Crippen molar-refractivity contribution in [1.29, 1.82) is 0 Å². The fourth-order valence-electron chi connectivity index (χ4n) is 4.10. The van der Waals surface area contributed by atoms with Crippen LogP contribution in [0.3, 0.4) is 0 Å². The van der Waals surface area contributed by atoms with Gasteiger partial charge in [0, 0.05) is 44.7 Å². The largest absolute Gasteiger partial charge is 0.383 e. The van der Waals surface area contributed by atoms with Gasteiger partial charge in [-0.3, -0.25) is 4.79 Å². The van der Waals surface area contributed by atoms with Gasteiger partial charge >= 0.3 is 0 Å². The molecular formula is C25H33N3O6S2. The van der Waals surface area contributed by atoms with Crippen LogP contribution in [0, 0.1) is 0 Å². The van der Waals surface area contributed by atoms with E-state index >= 15 is 0 Å². The van der Waals surface area contributed by atoms with Crippen LogP contribution in [0.25, 0.3) is 0 Å². The van der Waals surface area contributed by atoms with Crippen LogP contribution in [0.2, 0.25) is 0 Å². The highest BCUT2D eigenvalue weighted by molar-refractivity contribution is 7.92. The first-order chi connectivity index (χ1) is 17.2. The Balaban J connectivity index is 1.68. The van der Waals surface area contributed by atoms with Crippen molar-refractivity contribution in [3.05, 3.63) is 77.7 Å². The molecule has 0 bridgehead atoms. The monoisotopic (exact) mass is 535 g/mol. The Morgan fingerprint density at radius 1 is 1.11 bits per heavy atom. The van der Waals surface area contributed by atoms with Crippen LogP contribution >= 0.6 is 0 Å². The third-order valence-corrected chi connectivity index (χ3v) is 9.06. The van der Waals surface area contributed by atoms with E-state index in [9.17, 15) is 21.6 Å². The smallest absolute Gasteiger partial charge is 0.243 e. The van der Waals surface area contributed by atoms with Gasteiger partial charge in [-0.2, -0.15) is 4.31 Å².